The smallest absolute Gasteiger partial charge is 0.250 e. The Morgan fingerprint density at radius 3 is 2.66 bits per heavy atom. The molecule has 0 saturated carbocycles. The molecule has 2 aliphatic rings. The van der Waals surface area contributed by atoms with Crippen molar-refractivity contribution in [2.24, 2.45) is 0 Å². The minimum absolute atomic E-state index is 0.229. The number of ether oxygens (including phenoxy) is 1. The molecule has 7 nitrogen and oxygen atoms in total. The van der Waals surface area contributed by atoms with Gasteiger partial charge in [-0.15, -0.1) is 11.6 Å². The zero-order valence-electron chi connectivity index (χ0n) is 19.4. The van der Waals surface area contributed by atoms with Crippen LogP contribution in [0.3, 0.4) is 0 Å². The first-order valence-corrected chi connectivity index (χ1v) is 12.1. The number of halogens is 2. The van der Waals surface area contributed by atoms with Gasteiger partial charge in [0.15, 0.2) is 6.35 Å². The van der Waals surface area contributed by atoms with E-state index in [0.717, 1.165) is 11.1 Å². The van der Waals surface area contributed by atoms with Crippen LogP contribution in [0.2, 0.25) is 5.02 Å². The number of rotatable bonds is 7. The maximum atomic E-state index is 13.1. The molecule has 1 saturated heterocycles. The van der Waals surface area contributed by atoms with Crippen molar-refractivity contribution in [3.63, 3.8) is 0 Å². The summed E-state index contributed by atoms with van der Waals surface area (Å²) in [7, 11) is 0. The Kier molecular flexibility index (Phi) is 7.60. The van der Waals surface area contributed by atoms with Crippen LogP contribution in [-0.4, -0.2) is 57.4 Å². The van der Waals surface area contributed by atoms with E-state index in [9.17, 15) is 9.90 Å². The number of carbonyl (C=O) groups is 1. The second kappa shape index (κ2) is 10.5. The van der Waals surface area contributed by atoms with Gasteiger partial charge in [-0.2, -0.15) is 5.26 Å². The number of allylic oxidation sites excluding steroid dienone is 2. The maximum absolute atomic E-state index is 13.1. The van der Waals surface area contributed by atoms with Gasteiger partial charge in [0.25, 0.3) is 0 Å². The standard InChI is InChI=1S/C26H26Cl2N4O3/c1-26(2)24(33)32(20-6-4-19(16-29)21(27)15-20)25(34)31(26)12-3-13-35-23-7-5-18(14-22(23)28)17-8-10-30-11-9-17/h4-11,14-15,22-23,25,34H,3,12-13H2,1-2H3. The van der Waals surface area contributed by atoms with Crippen LogP contribution in [0.15, 0.2) is 61.0 Å². The van der Waals surface area contributed by atoms with Crippen molar-refractivity contribution in [2.75, 3.05) is 18.1 Å². The molecule has 3 unspecified atom stereocenters. The number of benzene rings is 1. The molecule has 0 radical (unpaired) electrons. The molecule has 1 aliphatic carbocycles. The molecule has 1 aromatic heterocycles. The normalized spacial score (nSPS) is 23.9. The van der Waals surface area contributed by atoms with Crippen molar-refractivity contribution in [1.82, 2.24) is 9.88 Å². The lowest BCUT2D eigenvalue weighted by Gasteiger charge is -2.30. The summed E-state index contributed by atoms with van der Waals surface area (Å²) in [6.07, 6.45) is 8.55. The van der Waals surface area contributed by atoms with Gasteiger partial charge in [-0.3, -0.25) is 14.7 Å². The number of aliphatic hydroxyl groups excluding tert-OH is 1. The van der Waals surface area contributed by atoms with Crippen molar-refractivity contribution < 1.29 is 14.6 Å². The molecule has 0 bridgehead atoms. The van der Waals surface area contributed by atoms with E-state index >= 15 is 0 Å². The quantitative estimate of drug-likeness (QED) is 0.438. The lowest BCUT2D eigenvalue weighted by atomic mass is 9.99. The van der Waals surface area contributed by atoms with E-state index < -0.39 is 11.9 Å². The minimum atomic E-state index is -1.16. The molecule has 182 valence electrons. The third kappa shape index (κ3) is 5.13. The maximum Gasteiger partial charge on any atom is 0.250 e. The minimum Gasteiger partial charge on any atom is -0.372 e. The molecule has 3 atom stereocenters. The van der Waals surface area contributed by atoms with Crippen LogP contribution in [0.4, 0.5) is 5.69 Å². The van der Waals surface area contributed by atoms with Gasteiger partial charge in [0.2, 0.25) is 5.91 Å². The summed E-state index contributed by atoms with van der Waals surface area (Å²) >= 11 is 12.7. The van der Waals surface area contributed by atoms with Crippen molar-refractivity contribution >= 4 is 40.4 Å². The van der Waals surface area contributed by atoms with Gasteiger partial charge in [-0.25, -0.2) is 4.90 Å². The molecule has 9 heteroatoms. The van der Waals surface area contributed by atoms with Gasteiger partial charge in [0.05, 0.1) is 27.6 Å². The highest BCUT2D eigenvalue weighted by molar-refractivity contribution is 6.32. The van der Waals surface area contributed by atoms with E-state index in [0.29, 0.717) is 30.8 Å². The fourth-order valence-corrected chi connectivity index (χ4v) is 4.82. The van der Waals surface area contributed by atoms with Crippen molar-refractivity contribution in [2.45, 2.75) is 43.6 Å². The molecule has 2 heterocycles. The third-order valence-corrected chi connectivity index (χ3v) is 6.99. The number of aliphatic hydroxyl groups is 1. The van der Waals surface area contributed by atoms with E-state index in [1.807, 2.05) is 36.4 Å². The largest absolute Gasteiger partial charge is 0.372 e. The lowest BCUT2D eigenvalue weighted by molar-refractivity contribution is -0.123. The van der Waals surface area contributed by atoms with Gasteiger partial charge >= 0.3 is 0 Å². The number of nitrogens with zero attached hydrogens (tertiary/aromatic N) is 4. The summed E-state index contributed by atoms with van der Waals surface area (Å²) in [6.45, 7) is 4.39. The Hall–Kier alpha value is -2.73. The number of hydrogen-bond acceptors (Lipinski definition) is 6. The van der Waals surface area contributed by atoms with Crippen LogP contribution < -0.4 is 4.90 Å². The first-order chi connectivity index (χ1) is 16.7. The summed E-state index contributed by atoms with van der Waals surface area (Å²) in [4.78, 5) is 20.2. The first-order valence-electron chi connectivity index (χ1n) is 11.3. The van der Waals surface area contributed by atoms with Crippen LogP contribution in [0.1, 0.15) is 31.4 Å². The summed E-state index contributed by atoms with van der Waals surface area (Å²) in [5.41, 5.74) is 1.88. The van der Waals surface area contributed by atoms with E-state index in [-0.39, 0.29) is 22.4 Å². The average molecular weight is 513 g/mol. The fourth-order valence-electron chi connectivity index (χ4n) is 4.31. The fraction of sp³-hybridized carbons (Fsp3) is 0.346. The number of anilines is 1. The number of pyridine rings is 1. The van der Waals surface area contributed by atoms with Gasteiger partial charge < -0.3 is 9.84 Å². The molecule has 1 amide bonds. The molecular weight excluding hydrogens is 487 g/mol. The van der Waals surface area contributed by atoms with Crippen LogP contribution in [-0.2, 0) is 9.53 Å². The number of nitriles is 1. The number of aromatic nitrogens is 1. The molecule has 0 spiro atoms. The Labute approximate surface area is 214 Å². The van der Waals surface area contributed by atoms with Gasteiger partial charge in [0, 0.05) is 31.2 Å². The predicted molar refractivity (Wildman–Crippen MR) is 136 cm³/mol. The van der Waals surface area contributed by atoms with Crippen LogP contribution in [0, 0.1) is 11.3 Å². The predicted octanol–water partition coefficient (Wildman–Crippen LogP) is 4.35. The lowest BCUT2D eigenvalue weighted by Crippen LogP contribution is -2.46. The van der Waals surface area contributed by atoms with E-state index in [1.165, 1.54) is 17.0 Å². The van der Waals surface area contributed by atoms with Crippen molar-refractivity contribution in [1.29, 1.82) is 5.26 Å². The SMILES string of the molecule is CC1(C)C(=O)N(c2ccc(C#N)c(Cl)c2)C(O)N1CCCOC1C=CC(c2ccncc2)=CC1Cl. The van der Waals surface area contributed by atoms with Crippen LogP contribution in [0.25, 0.3) is 5.57 Å². The van der Waals surface area contributed by atoms with Gasteiger partial charge in [-0.05, 0) is 61.7 Å². The highest BCUT2D eigenvalue weighted by Crippen LogP contribution is 2.35. The second-order valence-corrected chi connectivity index (χ2v) is 9.81. The topological polar surface area (TPSA) is 89.7 Å². The molecule has 4 rings (SSSR count). The van der Waals surface area contributed by atoms with Crippen LogP contribution >= 0.6 is 23.2 Å². The molecule has 1 aliphatic heterocycles. The number of hydrogen-bond donors (Lipinski definition) is 1. The molecule has 1 fully saturated rings. The molecular formula is C26H26Cl2N4O3. The summed E-state index contributed by atoms with van der Waals surface area (Å²) in [6, 6.07) is 10.5. The highest BCUT2D eigenvalue weighted by Gasteiger charge is 2.51. The summed E-state index contributed by atoms with van der Waals surface area (Å²) < 4.78 is 5.99. The summed E-state index contributed by atoms with van der Waals surface area (Å²) in [5, 5.41) is 20.0. The van der Waals surface area contributed by atoms with E-state index in [1.54, 1.807) is 37.2 Å². The van der Waals surface area contributed by atoms with Crippen molar-refractivity contribution in [3.05, 3.63) is 77.1 Å². The zero-order valence-corrected chi connectivity index (χ0v) is 20.9. The monoisotopic (exact) mass is 512 g/mol. The number of alkyl halides is 1. The first kappa shape index (κ1) is 25.4. The average Bonchev–Trinajstić information content (AvgIpc) is 3.01. The Morgan fingerprint density at radius 1 is 1.26 bits per heavy atom. The number of amides is 1. The zero-order chi connectivity index (χ0) is 25.2. The van der Waals surface area contributed by atoms with Crippen LogP contribution in [0.5, 0.6) is 0 Å². The Morgan fingerprint density at radius 2 is 2.00 bits per heavy atom. The van der Waals surface area contributed by atoms with Gasteiger partial charge in [0.1, 0.15) is 6.07 Å². The van der Waals surface area contributed by atoms with Gasteiger partial charge in [-0.1, -0.05) is 29.8 Å². The molecule has 2 aromatic rings. The Bertz CT molecular complexity index is 1190. The molecule has 35 heavy (non-hydrogen) atoms. The van der Waals surface area contributed by atoms with E-state index in [4.69, 9.17) is 33.2 Å². The molecule has 1 N–H and O–H groups in total. The summed E-state index contributed by atoms with van der Waals surface area (Å²) in [5.74, 6) is -0.253. The highest BCUT2D eigenvalue weighted by atomic mass is 35.5. The van der Waals surface area contributed by atoms with E-state index in [2.05, 4.69) is 4.98 Å². The molecule has 1 aromatic carbocycles. The second-order valence-electron chi connectivity index (χ2n) is 8.90. The van der Waals surface area contributed by atoms with Crippen molar-refractivity contribution in [3.8, 4) is 6.07 Å². The number of carbonyl (C=O) groups excluding carboxylic acids is 1. The Balaban J connectivity index is 1.35. The third-order valence-electron chi connectivity index (χ3n) is 6.31.